The Morgan fingerprint density at radius 2 is 0.526 bits per heavy atom. The quantitative estimate of drug-likeness (QED) is 0.0261. The molecule has 0 aliphatic carbocycles. The van der Waals surface area contributed by atoms with Crippen LogP contribution in [0.2, 0.25) is 0 Å². The Morgan fingerprint density at radius 1 is 0.276 bits per heavy atom. The number of ether oxygens (including phenoxy) is 3. The molecule has 0 aromatic rings. The van der Waals surface area contributed by atoms with Crippen LogP contribution in [0.25, 0.3) is 0 Å². The molecule has 0 aliphatic heterocycles. The Balaban J connectivity index is 4.48. The highest BCUT2D eigenvalue weighted by atomic mass is 16.6. The second-order valence-corrected chi connectivity index (χ2v) is 18.8. The summed E-state index contributed by atoms with van der Waals surface area (Å²) in [6, 6.07) is 0. The van der Waals surface area contributed by atoms with Gasteiger partial charge >= 0.3 is 17.9 Å². The lowest BCUT2D eigenvalue weighted by molar-refractivity contribution is -0.167. The minimum atomic E-state index is -0.833. The summed E-state index contributed by atoms with van der Waals surface area (Å²) in [5.41, 5.74) is 0. The summed E-state index contributed by atoms with van der Waals surface area (Å²) >= 11 is 0. The first-order chi connectivity index (χ1) is 37.5. The Morgan fingerprint density at radius 3 is 0.882 bits per heavy atom. The van der Waals surface area contributed by atoms with Crippen LogP contribution in [0.4, 0.5) is 0 Å². The summed E-state index contributed by atoms with van der Waals surface area (Å²) < 4.78 is 16.7. The molecule has 0 rings (SSSR count). The standard InChI is InChI=1S/C70H106O6/c1-4-7-10-13-16-19-22-24-26-28-30-31-32-33-34-35-36-37-38-39-41-42-44-46-48-51-54-57-60-63-69(72)75-66-67(65-74-68(71)62-59-56-53-50-21-18-15-12-9-6-3)76-70(73)64-61-58-55-52-49-47-45-43-40-29-27-25-23-20-17-14-11-8-5-2/h7-8,10-12,15-17,19-20,24-27,30-31,33-34,36-37,39-41,43-44,46-47,49,51,54,67H,4-6,9,13-14,18,21-23,28-29,32,35,38,42,45,48,50,52-53,55-66H2,1-3H3/b10-7-,11-8-,15-12-,19-16-,20-17-,26-24-,27-25-,31-30-,34-33-,37-36-,41-39-,43-40-,46-44-,49-47-,54-51-. The summed E-state index contributed by atoms with van der Waals surface area (Å²) in [5.74, 6) is -1.04. The predicted octanol–water partition coefficient (Wildman–Crippen LogP) is 20.5. The minimum Gasteiger partial charge on any atom is -0.462 e. The van der Waals surface area contributed by atoms with Crippen molar-refractivity contribution in [1.82, 2.24) is 0 Å². The number of hydrogen-bond donors (Lipinski definition) is 0. The SMILES string of the molecule is CC/C=C\C/C=C\C/C=C\C/C=C\C/C=C\C/C=C\C/C=C\C/C=C\C/C=C\CCCC(=O)OCC(COC(=O)CCCCCCC/C=C\CCC)OC(=O)CCCCC/C=C\C/C=C\C/C=C\C/C=C\C/C=C\CC. The van der Waals surface area contributed by atoms with E-state index in [1.807, 2.05) is 0 Å². The normalized spacial score (nSPS) is 13.5. The third-order valence-corrected chi connectivity index (χ3v) is 11.6. The maximum Gasteiger partial charge on any atom is 0.306 e. The van der Waals surface area contributed by atoms with Crippen molar-refractivity contribution in [3.8, 4) is 0 Å². The van der Waals surface area contributed by atoms with E-state index in [0.717, 1.165) is 154 Å². The highest BCUT2D eigenvalue weighted by Crippen LogP contribution is 2.12. The number of allylic oxidation sites excluding steroid dienone is 30. The molecule has 1 atom stereocenters. The molecule has 0 saturated carbocycles. The van der Waals surface area contributed by atoms with Gasteiger partial charge in [0.05, 0.1) is 0 Å². The second-order valence-electron chi connectivity index (χ2n) is 18.8. The van der Waals surface area contributed by atoms with Gasteiger partial charge in [-0.1, -0.05) is 235 Å². The summed E-state index contributed by atoms with van der Waals surface area (Å²) in [6.45, 7) is 6.24. The van der Waals surface area contributed by atoms with Crippen LogP contribution in [0.1, 0.15) is 220 Å². The molecule has 422 valence electrons. The summed E-state index contributed by atoms with van der Waals surface area (Å²) in [4.78, 5) is 38.1. The second kappa shape index (κ2) is 62.1. The zero-order valence-corrected chi connectivity index (χ0v) is 48.2. The average Bonchev–Trinajstić information content (AvgIpc) is 3.42. The molecule has 0 saturated heterocycles. The Bertz CT molecular complexity index is 1820. The lowest BCUT2D eigenvalue weighted by Gasteiger charge is -2.18. The summed E-state index contributed by atoms with van der Waals surface area (Å²) in [6.07, 6.45) is 93.3. The van der Waals surface area contributed by atoms with E-state index in [9.17, 15) is 14.4 Å². The smallest absolute Gasteiger partial charge is 0.306 e. The van der Waals surface area contributed by atoms with Crippen molar-refractivity contribution in [2.24, 2.45) is 0 Å². The maximum absolute atomic E-state index is 12.8. The van der Waals surface area contributed by atoms with Gasteiger partial charge in [-0.2, -0.15) is 0 Å². The minimum absolute atomic E-state index is 0.123. The lowest BCUT2D eigenvalue weighted by atomic mass is 10.1. The van der Waals surface area contributed by atoms with Crippen molar-refractivity contribution in [2.75, 3.05) is 13.2 Å². The van der Waals surface area contributed by atoms with E-state index in [2.05, 4.69) is 203 Å². The Hall–Kier alpha value is -5.49. The van der Waals surface area contributed by atoms with E-state index in [4.69, 9.17) is 14.2 Å². The van der Waals surface area contributed by atoms with Gasteiger partial charge in [0.15, 0.2) is 6.10 Å². The highest BCUT2D eigenvalue weighted by molar-refractivity contribution is 5.71. The van der Waals surface area contributed by atoms with Gasteiger partial charge in [-0.05, 0) is 148 Å². The molecule has 0 N–H and O–H groups in total. The van der Waals surface area contributed by atoms with Crippen molar-refractivity contribution < 1.29 is 28.6 Å². The molecule has 0 fully saturated rings. The molecule has 76 heavy (non-hydrogen) atoms. The van der Waals surface area contributed by atoms with Crippen LogP contribution in [-0.2, 0) is 28.6 Å². The third-order valence-electron chi connectivity index (χ3n) is 11.6. The average molecular weight is 1040 g/mol. The van der Waals surface area contributed by atoms with Crippen LogP contribution in [0.5, 0.6) is 0 Å². The first-order valence-corrected chi connectivity index (χ1v) is 29.8. The maximum atomic E-state index is 12.8. The van der Waals surface area contributed by atoms with Crippen LogP contribution in [-0.4, -0.2) is 37.2 Å². The molecule has 0 aliphatic rings. The predicted molar refractivity (Wildman–Crippen MR) is 329 cm³/mol. The molecular weight excluding hydrogens is 937 g/mol. The molecule has 0 bridgehead atoms. The van der Waals surface area contributed by atoms with Crippen molar-refractivity contribution in [3.63, 3.8) is 0 Å². The largest absolute Gasteiger partial charge is 0.462 e. The van der Waals surface area contributed by atoms with Crippen molar-refractivity contribution in [2.45, 2.75) is 226 Å². The summed E-state index contributed by atoms with van der Waals surface area (Å²) in [5, 5.41) is 0. The van der Waals surface area contributed by atoms with Gasteiger partial charge in [0.25, 0.3) is 0 Å². The van der Waals surface area contributed by atoms with Crippen LogP contribution >= 0.6 is 0 Å². The van der Waals surface area contributed by atoms with Gasteiger partial charge in [0, 0.05) is 19.3 Å². The number of hydrogen-bond acceptors (Lipinski definition) is 6. The van der Waals surface area contributed by atoms with Gasteiger partial charge in [-0.25, -0.2) is 0 Å². The highest BCUT2D eigenvalue weighted by Gasteiger charge is 2.19. The number of esters is 3. The monoisotopic (exact) mass is 1040 g/mol. The molecule has 1 unspecified atom stereocenters. The number of carbonyl (C=O) groups excluding carboxylic acids is 3. The zero-order chi connectivity index (χ0) is 55.0. The first-order valence-electron chi connectivity index (χ1n) is 29.8. The Kier molecular flexibility index (Phi) is 57.6. The molecule has 6 heteroatoms. The van der Waals surface area contributed by atoms with Crippen molar-refractivity contribution in [1.29, 1.82) is 0 Å². The van der Waals surface area contributed by atoms with Gasteiger partial charge in [-0.3, -0.25) is 14.4 Å². The van der Waals surface area contributed by atoms with Crippen LogP contribution in [0.3, 0.4) is 0 Å². The van der Waals surface area contributed by atoms with Crippen molar-refractivity contribution in [3.05, 3.63) is 182 Å². The topological polar surface area (TPSA) is 78.9 Å². The lowest BCUT2D eigenvalue weighted by Crippen LogP contribution is -2.30. The van der Waals surface area contributed by atoms with Crippen LogP contribution in [0.15, 0.2) is 182 Å². The fraction of sp³-hybridized carbons (Fsp3) is 0.529. The van der Waals surface area contributed by atoms with Gasteiger partial charge in [-0.15, -0.1) is 0 Å². The third kappa shape index (κ3) is 59.4. The van der Waals surface area contributed by atoms with Gasteiger partial charge in [0.2, 0.25) is 0 Å². The fourth-order valence-corrected chi connectivity index (χ4v) is 7.24. The molecule has 6 nitrogen and oxygen atoms in total. The zero-order valence-electron chi connectivity index (χ0n) is 48.2. The van der Waals surface area contributed by atoms with Gasteiger partial charge in [0.1, 0.15) is 13.2 Å². The molecule has 0 radical (unpaired) electrons. The fourth-order valence-electron chi connectivity index (χ4n) is 7.24. The van der Waals surface area contributed by atoms with E-state index < -0.39 is 6.10 Å². The summed E-state index contributed by atoms with van der Waals surface area (Å²) in [7, 11) is 0. The van der Waals surface area contributed by atoms with E-state index in [-0.39, 0.29) is 44.0 Å². The number of unbranched alkanes of at least 4 members (excludes halogenated alkanes) is 10. The molecular formula is C70H106O6. The van der Waals surface area contributed by atoms with Gasteiger partial charge < -0.3 is 14.2 Å². The number of carbonyl (C=O) groups is 3. The molecule has 0 amide bonds. The molecule has 0 aromatic heterocycles. The van der Waals surface area contributed by atoms with Crippen molar-refractivity contribution >= 4 is 17.9 Å². The molecule has 0 aromatic carbocycles. The number of rotatable bonds is 51. The molecule has 0 heterocycles. The molecule has 0 spiro atoms. The Labute approximate surface area is 465 Å². The first kappa shape index (κ1) is 70.5. The van der Waals surface area contributed by atoms with Crippen LogP contribution < -0.4 is 0 Å². The van der Waals surface area contributed by atoms with Crippen LogP contribution in [0, 0.1) is 0 Å². The van der Waals surface area contributed by atoms with E-state index in [0.29, 0.717) is 19.3 Å². The van der Waals surface area contributed by atoms with E-state index in [1.54, 1.807) is 0 Å². The van der Waals surface area contributed by atoms with E-state index in [1.165, 1.54) is 12.8 Å². The van der Waals surface area contributed by atoms with E-state index >= 15 is 0 Å².